The fourth-order valence-corrected chi connectivity index (χ4v) is 1.79. The van der Waals surface area contributed by atoms with E-state index >= 15 is 0 Å². The second-order valence-corrected chi connectivity index (χ2v) is 4.05. The summed E-state index contributed by atoms with van der Waals surface area (Å²) in [6.07, 6.45) is 2.91. The van der Waals surface area contributed by atoms with Crippen LogP contribution in [0.15, 0.2) is 24.3 Å². The number of alkyl halides is 3. The summed E-state index contributed by atoms with van der Waals surface area (Å²) in [6, 6.07) is 5.95. The number of hydrogen-bond donors (Lipinski definition) is 1. The van der Waals surface area contributed by atoms with Crippen molar-refractivity contribution in [3.05, 3.63) is 29.8 Å². The summed E-state index contributed by atoms with van der Waals surface area (Å²) in [6.45, 7) is 0. The van der Waals surface area contributed by atoms with Crippen LogP contribution >= 0.6 is 0 Å². The van der Waals surface area contributed by atoms with Gasteiger partial charge in [0.1, 0.15) is 5.75 Å². The first-order chi connectivity index (χ1) is 8.96. The van der Waals surface area contributed by atoms with E-state index in [0.717, 1.165) is 18.4 Å². The standard InChI is InChI=1S/C14H16F3NO/c1-3-4-5-6-13(18-2)11-7-9-12(10-8-11)19-14(15,16)17/h1,7-10,13,18H,4-6H2,2H3. The number of halogens is 3. The topological polar surface area (TPSA) is 21.3 Å². The maximum absolute atomic E-state index is 12.0. The van der Waals surface area contributed by atoms with E-state index in [1.807, 2.05) is 0 Å². The van der Waals surface area contributed by atoms with Crippen LogP contribution in [0.25, 0.3) is 0 Å². The molecule has 0 aliphatic heterocycles. The van der Waals surface area contributed by atoms with Gasteiger partial charge in [-0.05, 0) is 37.6 Å². The molecule has 1 aromatic carbocycles. The number of unbranched alkanes of at least 4 members (excludes halogenated alkanes) is 1. The Morgan fingerprint density at radius 2 is 1.95 bits per heavy atom. The largest absolute Gasteiger partial charge is 0.573 e. The molecule has 0 saturated heterocycles. The summed E-state index contributed by atoms with van der Waals surface area (Å²) in [5.74, 6) is 2.35. The summed E-state index contributed by atoms with van der Waals surface area (Å²) in [4.78, 5) is 0. The molecular weight excluding hydrogens is 255 g/mol. The van der Waals surface area contributed by atoms with Crippen molar-refractivity contribution in [2.24, 2.45) is 0 Å². The third-order valence-electron chi connectivity index (χ3n) is 2.68. The van der Waals surface area contributed by atoms with Crippen LogP contribution in [0.3, 0.4) is 0 Å². The summed E-state index contributed by atoms with van der Waals surface area (Å²) in [5.41, 5.74) is 0.911. The van der Waals surface area contributed by atoms with Crippen molar-refractivity contribution >= 4 is 0 Å². The number of hydrogen-bond acceptors (Lipinski definition) is 2. The van der Waals surface area contributed by atoms with Gasteiger partial charge in [-0.1, -0.05) is 12.1 Å². The highest BCUT2D eigenvalue weighted by Crippen LogP contribution is 2.25. The summed E-state index contributed by atoms with van der Waals surface area (Å²) in [7, 11) is 1.81. The number of terminal acetylenes is 1. The van der Waals surface area contributed by atoms with Crippen molar-refractivity contribution in [1.82, 2.24) is 5.32 Å². The van der Waals surface area contributed by atoms with E-state index in [0.29, 0.717) is 6.42 Å². The molecule has 0 spiro atoms. The minimum absolute atomic E-state index is 0.0771. The Bertz CT molecular complexity index is 420. The van der Waals surface area contributed by atoms with Crippen LogP contribution < -0.4 is 10.1 Å². The zero-order valence-corrected chi connectivity index (χ0v) is 10.6. The van der Waals surface area contributed by atoms with E-state index < -0.39 is 6.36 Å². The average Bonchev–Trinajstić information content (AvgIpc) is 2.34. The quantitative estimate of drug-likeness (QED) is 0.630. The lowest BCUT2D eigenvalue weighted by molar-refractivity contribution is -0.274. The molecule has 0 bridgehead atoms. The highest BCUT2D eigenvalue weighted by molar-refractivity contribution is 5.29. The van der Waals surface area contributed by atoms with Gasteiger partial charge in [0.05, 0.1) is 0 Å². The van der Waals surface area contributed by atoms with E-state index in [4.69, 9.17) is 6.42 Å². The smallest absolute Gasteiger partial charge is 0.406 e. The van der Waals surface area contributed by atoms with E-state index in [1.165, 1.54) is 12.1 Å². The zero-order chi connectivity index (χ0) is 14.3. The SMILES string of the molecule is C#CCCCC(NC)c1ccc(OC(F)(F)F)cc1. The molecule has 0 fully saturated rings. The predicted octanol–water partition coefficient (Wildman–Crippen LogP) is 3.65. The Morgan fingerprint density at radius 3 is 2.42 bits per heavy atom. The molecule has 0 radical (unpaired) electrons. The number of benzene rings is 1. The maximum atomic E-state index is 12.0. The minimum Gasteiger partial charge on any atom is -0.406 e. The molecule has 0 saturated carbocycles. The number of nitrogens with one attached hydrogen (secondary N) is 1. The van der Waals surface area contributed by atoms with Gasteiger partial charge < -0.3 is 10.1 Å². The predicted molar refractivity (Wildman–Crippen MR) is 67.6 cm³/mol. The van der Waals surface area contributed by atoms with Crippen molar-refractivity contribution in [3.63, 3.8) is 0 Å². The second-order valence-electron chi connectivity index (χ2n) is 4.05. The molecule has 1 rings (SSSR count). The molecule has 1 N–H and O–H groups in total. The molecule has 1 unspecified atom stereocenters. The van der Waals surface area contributed by atoms with Crippen LogP contribution in [0.5, 0.6) is 5.75 Å². The van der Waals surface area contributed by atoms with Crippen molar-refractivity contribution in [2.45, 2.75) is 31.7 Å². The van der Waals surface area contributed by atoms with Crippen molar-refractivity contribution in [1.29, 1.82) is 0 Å². The lowest BCUT2D eigenvalue weighted by Gasteiger charge is -2.17. The Balaban J connectivity index is 2.65. The van der Waals surface area contributed by atoms with Gasteiger partial charge in [-0.15, -0.1) is 25.5 Å². The molecule has 2 nitrogen and oxygen atoms in total. The molecule has 104 valence electrons. The Labute approximate surface area is 111 Å². The molecule has 0 aromatic heterocycles. The third-order valence-corrected chi connectivity index (χ3v) is 2.68. The summed E-state index contributed by atoms with van der Waals surface area (Å²) in [5, 5.41) is 3.11. The lowest BCUT2D eigenvalue weighted by atomic mass is 10.0. The second kappa shape index (κ2) is 7.05. The highest BCUT2D eigenvalue weighted by atomic mass is 19.4. The number of rotatable bonds is 6. The molecule has 0 aliphatic rings. The van der Waals surface area contributed by atoms with Gasteiger partial charge in [0, 0.05) is 12.5 Å². The van der Waals surface area contributed by atoms with Crippen LogP contribution in [-0.4, -0.2) is 13.4 Å². The van der Waals surface area contributed by atoms with Crippen molar-refractivity contribution in [3.8, 4) is 18.1 Å². The summed E-state index contributed by atoms with van der Waals surface area (Å²) < 4.78 is 39.9. The normalized spacial score (nSPS) is 12.8. The highest BCUT2D eigenvalue weighted by Gasteiger charge is 2.31. The van der Waals surface area contributed by atoms with Crippen LogP contribution in [0, 0.1) is 12.3 Å². The van der Waals surface area contributed by atoms with Crippen LogP contribution in [0.4, 0.5) is 13.2 Å². The molecule has 19 heavy (non-hydrogen) atoms. The first kappa shape index (κ1) is 15.4. The van der Waals surface area contributed by atoms with Gasteiger partial charge in [-0.2, -0.15) is 0 Å². The van der Waals surface area contributed by atoms with Gasteiger partial charge in [0.15, 0.2) is 0 Å². The molecule has 0 aliphatic carbocycles. The summed E-state index contributed by atoms with van der Waals surface area (Å²) >= 11 is 0. The average molecular weight is 271 g/mol. The fourth-order valence-electron chi connectivity index (χ4n) is 1.79. The van der Waals surface area contributed by atoms with E-state index in [9.17, 15) is 13.2 Å². The van der Waals surface area contributed by atoms with Crippen LogP contribution in [0.1, 0.15) is 30.9 Å². The Morgan fingerprint density at radius 1 is 1.32 bits per heavy atom. The number of ether oxygens (including phenoxy) is 1. The molecule has 1 aromatic rings. The van der Waals surface area contributed by atoms with Crippen LogP contribution in [0.2, 0.25) is 0 Å². The fraction of sp³-hybridized carbons (Fsp3) is 0.429. The molecule has 5 heteroatoms. The first-order valence-corrected chi connectivity index (χ1v) is 5.92. The molecular formula is C14H16F3NO. The van der Waals surface area contributed by atoms with E-state index in [-0.39, 0.29) is 11.8 Å². The molecule has 1 atom stereocenters. The van der Waals surface area contributed by atoms with E-state index in [1.54, 1.807) is 19.2 Å². The van der Waals surface area contributed by atoms with Crippen molar-refractivity contribution in [2.75, 3.05) is 7.05 Å². The lowest BCUT2D eigenvalue weighted by Crippen LogP contribution is -2.18. The monoisotopic (exact) mass is 271 g/mol. The first-order valence-electron chi connectivity index (χ1n) is 5.92. The van der Waals surface area contributed by atoms with Crippen LogP contribution in [-0.2, 0) is 0 Å². The van der Waals surface area contributed by atoms with Gasteiger partial charge in [-0.25, -0.2) is 0 Å². The maximum Gasteiger partial charge on any atom is 0.573 e. The third kappa shape index (κ3) is 5.66. The minimum atomic E-state index is -4.66. The van der Waals surface area contributed by atoms with Crippen molar-refractivity contribution < 1.29 is 17.9 Å². The van der Waals surface area contributed by atoms with E-state index in [2.05, 4.69) is 16.0 Å². The Kier molecular flexibility index (Phi) is 5.71. The van der Waals surface area contributed by atoms with Gasteiger partial charge >= 0.3 is 6.36 Å². The molecule has 0 amide bonds. The Hall–Kier alpha value is -1.67. The van der Waals surface area contributed by atoms with Gasteiger partial charge in [0.2, 0.25) is 0 Å². The zero-order valence-electron chi connectivity index (χ0n) is 10.6. The molecule has 0 heterocycles. The van der Waals surface area contributed by atoms with Gasteiger partial charge in [0.25, 0.3) is 0 Å². The van der Waals surface area contributed by atoms with Gasteiger partial charge in [-0.3, -0.25) is 0 Å².